The highest BCUT2D eigenvalue weighted by Gasteiger charge is 2.32. The zero-order valence-corrected chi connectivity index (χ0v) is 15.4. The summed E-state index contributed by atoms with van der Waals surface area (Å²) in [6.07, 6.45) is -4.94. The van der Waals surface area contributed by atoms with E-state index in [1.54, 1.807) is 30.3 Å². The summed E-state index contributed by atoms with van der Waals surface area (Å²) < 4.78 is 47.8. The minimum absolute atomic E-state index is 0.164. The average Bonchev–Trinajstić information content (AvgIpc) is 2.57. The molecule has 0 aliphatic rings. The van der Waals surface area contributed by atoms with Crippen LogP contribution in [0.15, 0.2) is 51.7 Å². The zero-order valence-electron chi connectivity index (χ0n) is 14.5. The van der Waals surface area contributed by atoms with E-state index in [1.165, 1.54) is 6.92 Å². The van der Waals surface area contributed by atoms with E-state index >= 15 is 0 Å². The Morgan fingerprint density at radius 1 is 1.19 bits per heavy atom. The van der Waals surface area contributed by atoms with E-state index in [9.17, 15) is 22.8 Å². The Hall–Kier alpha value is -2.52. The molecular weight excluding hydrogens is 381 g/mol. The minimum Gasteiger partial charge on any atom is -0.426 e. The number of benzene rings is 2. The Labute approximate surface area is 156 Å². The van der Waals surface area contributed by atoms with Gasteiger partial charge in [-0.3, -0.25) is 14.7 Å². The lowest BCUT2D eigenvalue weighted by Crippen LogP contribution is -2.13. The normalized spacial score (nSPS) is 12.7. The summed E-state index contributed by atoms with van der Waals surface area (Å²) in [6.45, 7) is 2.47. The van der Waals surface area contributed by atoms with Gasteiger partial charge in [0.1, 0.15) is 5.75 Å². The van der Waals surface area contributed by atoms with Gasteiger partial charge in [0.2, 0.25) is 0 Å². The van der Waals surface area contributed by atoms with Gasteiger partial charge in [-0.25, -0.2) is 0 Å². The minimum atomic E-state index is -4.61. The second kappa shape index (κ2) is 8.45. The first-order chi connectivity index (χ1) is 12.6. The fourth-order valence-electron chi connectivity index (χ4n) is 2.33. The molecule has 0 saturated carbocycles. The molecule has 0 bridgehead atoms. The highest BCUT2D eigenvalue weighted by molar-refractivity contribution is 7.85. The Morgan fingerprint density at radius 2 is 1.81 bits per heavy atom. The van der Waals surface area contributed by atoms with Crippen LogP contribution < -0.4 is 9.88 Å². The Balaban J connectivity index is 2.36. The van der Waals surface area contributed by atoms with Crippen molar-refractivity contribution >= 4 is 22.8 Å². The lowest BCUT2D eigenvalue weighted by molar-refractivity contribution is -0.138. The molecule has 2 rings (SSSR count). The summed E-state index contributed by atoms with van der Waals surface area (Å²) in [5.74, 6) is -1.72. The SMILES string of the molecule is CC(=O)Oc1cc(C(F)(F)F)cc(C)c1CC(=O)N=S(N)c1ccccc1. The Morgan fingerprint density at radius 3 is 2.37 bits per heavy atom. The molecule has 27 heavy (non-hydrogen) atoms. The van der Waals surface area contributed by atoms with Gasteiger partial charge in [0.05, 0.1) is 12.0 Å². The highest BCUT2D eigenvalue weighted by Crippen LogP contribution is 2.35. The molecule has 2 aromatic carbocycles. The molecule has 2 N–H and O–H groups in total. The predicted octanol–water partition coefficient (Wildman–Crippen LogP) is 3.74. The molecule has 9 heteroatoms. The molecule has 0 aliphatic carbocycles. The standard InChI is InChI=1S/C18H17F3N2O3S/c1-11-8-13(18(19,20)21)9-16(26-12(2)24)15(11)10-17(25)23-27(22)14-6-4-3-5-7-14/h3-9H,10H2,1-2H3,(H2,22,23,25). The summed E-state index contributed by atoms with van der Waals surface area (Å²) in [4.78, 5) is 24.2. The van der Waals surface area contributed by atoms with E-state index in [0.717, 1.165) is 13.0 Å². The number of aryl methyl sites for hydroxylation is 1. The van der Waals surface area contributed by atoms with Crippen molar-refractivity contribution in [2.24, 2.45) is 9.50 Å². The number of carbonyl (C=O) groups is 2. The molecule has 2 aromatic rings. The van der Waals surface area contributed by atoms with Crippen LogP contribution in [0.1, 0.15) is 23.6 Å². The van der Waals surface area contributed by atoms with Gasteiger partial charge in [-0.05, 0) is 36.8 Å². The summed E-state index contributed by atoms with van der Waals surface area (Å²) in [5, 5.41) is 5.89. The molecule has 1 amide bonds. The topological polar surface area (TPSA) is 81.8 Å². The van der Waals surface area contributed by atoms with Crippen LogP contribution in [0.5, 0.6) is 5.75 Å². The third-order valence-electron chi connectivity index (χ3n) is 3.53. The smallest absolute Gasteiger partial charge is 0.416 e. The number of alkyl halides is 3. The number of esters is 1. The van der Waals surface area contributed by atoms with Crippen molar-refractivity contribution in [3.05, 3.63) is 59.2 Å². The fraction of sp³-hybridized carbons (Fsp3) is 0.222. The van der Waals surface area contributed by atoms with Crippen molar-refractivity contribution in [1.29, 1.82) is 0 Å². The van der Waals surface area contributed by atoms with Crippen LogP contribution in [-0.4, -0.2) is 11.9 Å². The molecule has 0 aromatic heterocycles. The molecule has 0 aliphatic heterocycles. The van der Waals surface area contributed by atoms with Crippen LogP contribution in [-0.2, 0) is 33.1 Å². The number of rotatable bonds is 4. The molecule has 5 nitrogen and oxygen atoms in total. The maximum absolute atomic E-state index is 13.0. The predicted molar refractivity (Wildman–Crippen MR) is 94.9 cm³/mol. The quantitative estimate of drug-likeness (QED) is 0.628. The summed E-state index contributed by atoms with van der Waals surface area (Å²) in [5.41, 5.74) is -0.634. The Kier molecular flexibility index (Phi) is 6.50. The van der Waals surface area contributed by atoms with Crippen LogP contribution in [0.3, 0.4) is 0 Å². The molecule has 1 atom stereocenters. The monoisotopic (exact) mass is 398 g/mol. The molecule has 0 fully saturated rings. The van der Waals surface area contributed by atoms with E-state index in [-0.39, 0.29) is 23.3 Å². The lowest BCUT2D eigenvalue weighted by atomic mass is 10.0. The van der Waals surface area contributed by atoms with Crippen LogP contribution in [0.2, 0.25) is 0 Å². The summed E-state index contributed by atoms with van der Waals surface area (Å²) in [6, 6.07) is 10.3. The maximum Gasteiger partial charge on any atom is 0.416 e. The van der Waals surface area contributed by atoms with Gasteiger partial charge in [0, 0.05) is 28.3 Å². The number of ether oxygens (including phenoxy) is 1. The summed E-state index contributed by atoms with van der Waals surface area (Å²) >= 11 is 0. The molecule has 1 unspecified atom stereocenters. The van der Waals surface area contributed by atoms with Gasteiger partial charge in [0.15, 0.2) is 0 Å². The number of nitrogens with zero attached hydrogens (tertiary/aromatic N) is 1. The summed E-state index contributed by atoms with van der Waals surface area (Å²) in [7, 11) is -1.19. The lowest BCUT2D eigenvalue weighted by Gasteiger charge is -2.15. The van der Waals surface area contributed by atoms with Gasteiger partial charge in [-0.2, -0.15) is 17.5 Å². The molecule has 0 saturated heterocycles. The first-order valence-electron chi connectivity index (χ1n) is 7.75. The molecule has 144 valence electrons. The number of amides is 1. The second-order valence-electron chi connectivity index (χ2n) is 5.65. The molecule has 0 heterocycles. The number of halogens is 3. The maximum atomic E-state index is 13.0. The van der Waals surface area contributed by atoms with Gasteiger partial charge >= 0.3 is 12.1 Å². The molecule has 0 spiro atoms. The highest BCUT2D eigenvalue weighted by atomic mass is 32.2. The first kappa shape index (κ1) is 20.8. The van der Waals surface area contributed by atoms with Crippen molar-refractivity contribution in [3.8, 4) is 5.75 Å². The number of nitrogens with two attached hydrogens (primary N) is 1. The zero-order chi connectivity index (χ0) is 20.2. The van der Waals surface area contributed by atoms with Crippen molar-refractivity contribution in [1.82, 2.24) is 0 Å². The fourth-order valence-corrected chi connectivity index (χ4v) is 3.15. The number of carbonyl (C=O) groups excluding carboxylic acids is 2. The van der Waals surface area contributed by atoms with E-state index in [2.05, 4.69) is 4.36 Å². The average molecular weight is 398 g/mol. The van der Waals surface area contributed by atoms with Gasteiger partial charge in [-0.1, -0.05) is 18.2 Å². The van der Waals surface area contributed by atoms with Crippen molar-refractivity contribution in [3.63, 3.8) is 0 Å². The van der Waals surface area contributed by atoms with Gasteiger partial charge in [-0.15, -0.1) is 0 Å². The first-order valence-corrected chi connectivity index (χ1v) is 9.00. The Bertz CT molecular complexity index is 897. The van der Waals surface area contributed by atoms with Crippen molar-refractivity contribution in [2.75, 3.05) is 0 Å². The van der Waals surface area contributed by atoms with Crippen LogP contribution in [0.4, 0.5) is 13.2 Å². The second-order valence-corrected chi connectivity index (χ2v) is 6.93. The van der Waals surface area contributed by atoms with E-state index in [4.69, 9.17) is 9.88 Å². The van der Waals surface area contributed by atoms with E-state index in [1.807, 2.05) is 0 Å². The van der Waals surface area contributed by atoms with Crippen LogP contribution in [0.25, 0.3) is 0 Å². The van der Waals surface area contributed by atoms with E-state index in [0.29, 0.717) is 11.0 Å². The van der Waals surface area contributed by atoms with Crippen molar-refractivity contribution in [2.45, 2.75) is 31.3 Å². The molecular formula is C18H17F3N2O3S. The third-order valence-corrected chi connectivity index (χ3v) is 4.68. The largest absolute Gasteiger partial charge is 0.426 e. The van der Waals surface area contributed by atoms with Gasteiger partial charge < -0.3 is 4.74 Å². The third kappa shape index (κ3) is 5.73. The number of hydrogen-bond donors (Lipinski definition) is 1. The van der Waals surface area contributed by atoms with Crippen LogP contribution >= 0.6 is 0 Å². The van der Waals surface area contributed by atoms with Crippen LogP contribution in [0, 0.1) is 6.92 Å². The van der Waals surface area contributed by atoms with E-state index < -0.39 is 34.5 Å². The van der Waals surface area contributed by atoms with Crippen molar-refractivity contribution < 1.29 is 27.5 Å². The van der Waals surface area contributed by atoms with Gasteiger partial charge in [0.25, 0.3) is 5.91 Å². The molecule has 0 radical (unpaired) electrons. The number of hydrogen-bond acceptors (Lipinski definition) is 3.